The molecule has 2 aromatic rings. The highest BCUT2D eigenvalue weighted by atomic mass is 16.5. The van der Waals surface area contributed by atoms with Crippen LogP contribution in [0, 0.1) is 12.3 Å². The number of piperidine rings is 1. The van der Waals surface area contributed by atoms with Gasteiger partial charge in [0, 0.05) is 18.7 Å². The number of aliphatic hydroxyl groups is 1. The van der Waals surface area contributed by atoms with E-state index in [1.165, 1.54) is 16.8 Å². The number of aromatic nitrogens is 2. The zero-order chi connectivity index (χ0) is 18.2. The summed E-state index contributed by atoms with van der Waals surface area (Å²) in [4.78, 5) is 6.80. The van der Waals surface area contributed by atoms with E-state index < -0.39 is 0 Å². The first-order chi connectivity index (χ1) is 13.3. The monoisotopic (exact) mass is 366 g/mol. The van der Waals surface area contributed by atoms with Crippen LogP contribution in [0.1, 0.15) is 43.7 Å². The number of aliphatic hydroxyl groups excluding tert-OH is 1. The van der Waals surface area contributed by atoms with Gasteiger partial charge in [-0.25, -0.2) is 4.98 Å². The first kappa shape index (κ1) is 17.4. The summed E-state index contributed by atoms with van der Waals surface area (Å²) in [5.41, 5.74) is 3.75. The molecule has 1 aromatic carbocycles. The van der Waals surface area contributed by atoms with Gasteiger partial charge in [-0.2, -0.15) is 0 Å². The molecule has 1 radical (unpaired) electrons. The number of fused-ring (bicyclic) bond motifs is 3. The summed E-state index contributed by atoms with van der Waals surface area (Å²) in [5, 5.41) is 11.0. The van der Waals surface area contributed by atoms with E-state index in [1.54, 1.807) is 0 Å². The van der Waals surface area contributed by atoms with E-state index in [4.69, 9.17) is 4.74 Å². The van der Waals surface area contributed by atoms with Crippen molar-refractivity contribution < 1.29 is 9.84 Å². The van der Waals surface area contributed by atoms with Crippen LogP contribution in [0.4, 0.5) is 0 Å². The van der Waals surface area contributed by atoms with Gasteiger partial charge in [0.1, 0.15) is 6.23 Å². The number of hydrogen-bond acceptors (Lipinski definition) is 4. The fourth-order valence-electron chi connectivity index (χ4n) is 5.08. The zero-order valence-electron chi connectivity index (χ0n) is 15.7. The highest BCUT2D eigenvalue weighted by Crippen LogP contribution is 2.42. The molecule has 1 aromatic heterocycles. The van der Waals surface area contributed by atoms with Crippen molar-refractivity contribution in [1.29, 1.82) is 0 Å². The van der Waals surface area contributed by atoms with Crippen molar-refractivity contribution in [2.45, 2.75) is 50.5 Å². The molecular formula is C22H28N3O2. The predicted molar refractivity (Wildman–Crippen MR) is 104 cm³/mol. The smallest absolute Gasteiger partial charge is 0.110 e. The van der Waals surface area contributed by atoms with Crippen molar-refractivity contribution in [3.63, 3.8) is 0 Å². The molecule has 0 aliphatic carbocycles. The molecule has 5 rings (SSSR count). The minimum atomic E-state index is -0.279. The second-order valence-corrected chi connectivity index (χ2v) is 8.12. The molecular weight excluding hydrogens is 338 g/mol. The Hall–Kier alpha value is -1.69. The fraction of sp³-hybridized carbons (Fsp3) is 0.545. The summed E-state index contributed by atoms with van der Waals surface area (Å²) in [6.45, 7) is 2.84. The highest BCUT2D eigenvalue weighted by Gasteiger charge is 2.34. The first-order valence-corrected chi connectivity index (χ1v) is 10.3. The second kappa shape index (κ2) is 7.38. The quantitative estimate of drug-likeness (QED) is 0.902. The number of hydrogen-bond donors (Lipinski definition) is 1. The summed E-state index contributed by atoms with van der Waals surface area (Å²) in [5.74, 6) is 0.371. The lowest BCUT2D eigenvalue weighted by Crippen LogP contribution is -2.46. The zero-order valence-corrected chi connectivity index (χ0v) is 15.7. The van der Waals surface area contributed by atoms with E-state index >= 15 is 0 Å². The van der Waals surface area contributed by atoms with E-state index in [1.807, 2.05) is 12.5 Å². The molecule has 0 spiro atoms. The molecule has 4 heterocycles. The third kappa shape index (κ3) is 3.22. The number of likely N-dealkylation sites (tertiary alicyclic amines) is 1. The average Bonchev–Trinajstić information content (AvgIpc) is 3.32. The van der Waals surface area contributed by atoms with Crippen LogP contribution in [0.5, 0.6) is 0 Å². The van der Waals surface area contributed by atoms with Gasteiger partial charge in [-0.3, -0.25) is 4.90 Å². The largest absolute Gasteiger partial charge is 0.393 e. The minimum Gasteiger partial charge on any atom is -0.393 e. The van der Waals surface area contributed by atoms with Crippen LogP contribution in [0.15, 0.2) is 36.8 Å². The van der Waals surface area contributed by atoms with Crippen LogP contribution >= 0.6 is 0 Å². The van der Waals surface area contributed by atoms with Gasteiger partial charge in [0.2, 0.25) is 0 Å². The summed E-state index contributed by atoms with van der Waals surface area (Å²) >= 11 is 0. The van der Waals surface area contributed by atoms with Crippen molar-refractivity contribution in [1.82, 2.24) is 14.5 Å². The molecule has 0 saturated carbocycles. The molecule has 143 valence electrons. The molecule has 27 heavy (non-hydrogen) atoms. The fourth-order valence-corrected chi connectivity index (χ4v) is 5.08. The number of nitrogens with zero attached hydrogens (tertiary/aromatic N) is 3. The number of ether oxygens (including phenoxy) is 1. The van der Waals surface area contributed by atoms with E-state index in [9.17, 15) is 5.11 Å². The highest BCUT2D eigenvalue weighted by molar-refractivity contribution is 5.68. The molecule has 5 nitrogen and oxygen atoms in total. The van der Waals surface area contributed by atoms with Crippen molar-refractivity contribution in [3.05, 3.63) is 48.8 Å². The third-order valence-electron chi connectivity index (χ3n) is 6.61. The van der Waals surface area contributed by atoms with Gasteiger partial charge in [-0.15, -0.1) is 0 Å². The number of benzene rings is 1. The topological polar surface area (TPSA) is 50.5 Å². The molecule has 3 atom stereocenters. The van der Waals surface area contributed by atoms with Crippen molar-refractivity contribution in [3.8, 4) is 11.3 Å². The molecule has 5 heteroatoms. The lowest BCUT2D eigenvalue weighted by Gasteiger charge is -2.40. The van der Waals surface area contributed by atoms with Gasteiger partial charge in [-0.1, -0.05) is 24.3 Å². The van der Waals surface area contributed by atoms with Crippen LogP contribution in [0.3, 0.4) is 0 Å². The van der Waals surface area contributed by atoms with Crippen molar-refractivity contribution in [2.24, 2.45) is 5.92 Å². The lowest BCUT2D eigenvalue weighted by atomic mass is 9.86. The summed E-state index contributed by atoms with van der Waals surface area (Å²) in [7, 11) is 0. The second-order valence-electron chi connectivity index (χ2n) is 8.12. The summed E-state index contributed by atoms with van der Waals surface area (Å²) < 4.78 is 8.12. The van der Waals surface area contributed by atoms with Crippen molar-refractivity contribution in [2.75, 3.05) is 19.7 Å². The Bertz CT molecular complexity index is 775. The van der Waals surface area contributed by atoms with Gasteiger partial charge in [0.25, 0.3) is 0 Å². The van der Waals surface area contributed by atoms with Gasteiger partial charge >= 0.3 is 0 Å². The first-order valence-electron chi connectivity index (χ1n) is 10.3. The van der Waals surface area contributed by atoms with Crippen LogP contribution in [-0.2, 0) is 4.74 Å². The summed E-state index contributed by atoms with van der Waals surface area (Å²) in [6, 6.07) is 8.73. The van der Waals surface area contributed by atoms with E-state index in [0.717, 1.165) is 51.8 Å². The van der Waals surface area contributed by atoms with Crippen LogP contribution in [0.2, 0.25) is 0 Å². The Balaban J connectivity index is 1.23. The van der Waals surface area contributed by atoms with Gasteiger partial charge in [0.15, 0.2) is 0 Å². The maximum absolute atomic E-state index is 11.0. The Morgan fingerprint density at radius 1 is 1.19 bits per heavy atom. The van der Waals surface area contributed by atoms with Crippen LogP contribution < -0.4 is 0 Å². The number of rotatable bonds is 4. The molecule has 0 bridgehead atoms. The third-order valence-corrected chi connectivity index (χ3v) is 6.61. The molecule has 2 fully saturated rings. The molecule has 0 amide bonds. The standard InChI is InChI=1S/C22H28N3O2/c26-21(16-8-10-24(11-9-16)22-7-3-4-12-27-22)13-19-17-5-1-2-6-18(17)20-14-23-15-25(19)20/h1-2,4-6,14-16,19,21-22,26H,3,7-13H2/t19-,21+,22?/m0/s1. The van der Waals surface area contributed by atoms with Crippen molar-refractivity contribution >= 4 is 0 Å². The SMILES string of the molecule is O[C@H](C[C@H]1c2ccccc2-c2cncn21)C1CCN(C2CC[CH]CO2)CC1. The normalized spacial score (nSPS) is 27.3. The predicted octanol–water partition coefficient (Wildman–Crippen LogP) is 3.26. The lowest BCUT2D eigenvalue weighted by molar-refractivity contribution is -0.0896. The number of imidazole rings is 1. The molecule has 3 aliphatic heterocycles. The molecule has 1 N–H and O–H groups in total. The van der Waals surface area contributed by atoms with Gasteiger partial charge in [-0.05, 0) is 50.0 Å². The van der Waals surface area contributed by atoms with E-state index in [0.29, 0.717) is 5.92 Å². The van der Waals surface area contributed by atoms with Crippen LogP contribution in [0.25, 0.3) is 11.3 Å². The average molecular weight is 366 g/mol. The maximum atomic E-state index is 11.0. The molecule has 2 saturated heterocycles. The Labute approximate surface area is 161 Å². The Kier molecular flexibility index (Phi) is 4.76. The van der Waals surface area contributed by atoms with Crippen LogP contribution in [-0.4, -0.2) is 51.6 Å². The molecule has 1 unspecified atom stereocenters. The summed E-state index contributed by atoms with van der Waals surface area (Å²) in [6.07, 6.45) is 11.2. The minimum absolute atomic E-state index is 0.198. The molecule has 3 aliphatic rings. The van der Waals surface area contributed by atoms with E-state index in [-0.39, 0.29) is 18.4 Å². The Morgan fingerprint density at radius 2 is 2.04 bits per heavy atom. The maximum Gasteiger partial charge on any atom is 0.110 e. The van der Waals surface area contributed by atoms with Gasteiger partial charge in [0.05, 0.1) is 37.0 Å². The Morgan fingerprint density at radius 3 is 2.85 bits per heavy atom. The van der Waals surface area contributed by atoms with E-state index in [2.05, 4.69) is 45.1 Å². The van der Waals surface area contributed by atoms with Gasteiger partial charge < -0.3 is 14.4 Å².